The molecular weight excluding hydrogens is 431 g/mol. The van der Waals surface area contributed by atoms with Crippen LogP contribution in [0.2, 0.25) is 10.0 Å². The SMILES string of the molecule is CNC(COC)COC(Cc1nc2cn[nH]c2c(=O)[nH]1)NCc1ccc(Cl)c(Cl)c1. The summed E-state index contributed by atoms with van der Waals surface area (Å²) in [6.07, 6.45) is 1.45. The molecule has 0 aliphatic heterocycles. The first-order chi connectivity index (χ1) is 14.5. The third-order valence-electron chi connectivity index (χ3n) is 4.53. The Labute approximate surface area is 183 Å². The van der Waals surface area contributed by atoms with Gasteiger partial charge >= 0.3 is 0 Å². The third kappa shape index (κ3) is 6.00. The molecule has 0 aliphatic rings. The fraction of sp³-hybridized carbons (Fsp3) is 0.421. The van der Waals surface area contributed by atoms with Crippen molar-refractivity contribution in [2.45, 2.75) is 25.2 Å². The van der Waals surface area contributed by atoms with Crippen molar-refractivity contribution in [3.05, 3.63) is 56.2 Å². The van der Waals surface area contributed by atoms with E-state index in [1.54, 1.807) is 19.2 Å². The molecule has 0 amide bonds. The van der Waals surface area contributed by atoms with Crippen LogP contribution in [0.1, 0.15) is 11.4 Å². The van der Waals surface area contributed by atoms with Gasteiger partial charge in [0.15, 0.2) is 0 Å². The Morgan fingerprint density at radius 1 is 1.23 bits per heavy atom. The van der Waals surface area contributed by atoms with Crippen LogP contribution in [0.3, 0.4) is 0 Å². The molecule has 162 valence electrons. The second-order valence-electron chi connectivity index (χ2n) is 6.74. The molecule has 3 rings (SSSR count). The van der Waals surface area contributed by atoms with Crippen LogP contribution in [0.15, 0.2) is 29.2 Å². The number of hydrogen-bond acceptors (Lipinski definition) is 7. The average Bonchev–Trinajstić information content (AvgIpc) is 3.20. The summed E-state index contributed by atoms with van der Waals surface area (Å²) in [5.41, 5.74) is 1.52. The molecule has 30 heavy (non-hydrogen) atoms. The number of aromatic nitrogens is 4. The zero-order valence-electron chi connectivity index (χ0n) is 16.7. The number of likely N-dealkylation sites (N-methyl/N-ethyl adjacent to an activating group) is 1. The van der Waals surface area contributed by atoms with Crippen LogP contribution < -0.4 is 16.2 Å². The van der Waals surface area contributed by atoms with E-state index in [1.807, 2.05) is 13.1 Å². The van der Waals surface area contributed by atoms with Crippen LogP contribution in [0.5, 0.6) is 0 Å². The molecule has 2 heterocycles. The van der Waals surface area contributed by atoms with Crippen molar-refractivity contribution in [1.82, 2.24) is 30.8 Å². The highest BCUT2D eigenvalue weighted by Crippen LogP contribution is 2.22. The molecule has 0 saturated heterocycles. The summed E-state index contributed by atoms with van der Waals surface area (Å²) in [6, 6.07) is 5.45. The zero-order valence-corrected chi connectivity index (χ0v) is 18.2. The lowest BCUT2D eigenvalue weighted by Gasteiger charge is -2.23. The molecule has 0 radical (unpaired) electrons. The fourth-order valence-electron chi connectivity index (χ4n) is 2.89. The van der Waals surface area contributed by atoms with Crippen molar-refractivity contribution >= 4 is 34.2 Å². The van der Waals surface area contributed by atoms with E-state index in [9.17, 15) is 4.79 Å². The monoisotopic (exact) mass is 454 g/mol. The summed E-state index contributed by atoms with van der Waals surface area (Å²) in [7, 11) is 3.48. The summed E-state index contributed by atoms with van der Waals surface area (Å²) in [5, 5.41) is 14.0. The number of H-pyrrole nitrogens is 2. The van der Waals surface area contributed by atoms with Crippen molar-refractivity contribution in [2.75, 3.05) is 27.4 Å². The molecule has 3 aromatic rings. The molecule has 4 N–H and O–H groups in total. The van der Waals surface area contributed by atoms with Crippen LogP contribution in [-0.2, 0) is 22.4 Å². The lowest BCUT2D eigenvalue weighted by atomic mass is 10.2. The lowest BCUT2D eigenvalue weighted by Crippen LogP contribution is -2.41. The quantitative estimate of drug-likeness (QED) is 0.326. The largest absolute Gasteiger partial charge is 0.383 e. The highest BCUT2D eigenvalue weighted by Gasteiger charge is 2.16. The molecule has 0 spiro atoms. The van der Waals surface area contributed by atoms with E-state index >= 15 is 0 Å². The zero-order chi connectivity index (χ0) is 21.5. The average molecular weight is 455 g/mol. The minimum Gasteiger partial charge on any atom is -0.383 e. The van der Waals surface area contributed by atoms with E-state index in [0.29, 0.717) is 53.1 Å². The lowest BCUT2D eigenvalue weighted by molar-refractivity contribution is 0.00291. The second-order valence-corrected chi connectivity index (χ2v) is 7.55. The second kappa shape index (κ2) is 10.9. The Kier molecular flexibility index (Phi) is 8.20. The highest BCUT2D eigenvalue weighted by atomic mass is 35.5. The Hall–Kier alpha value is -2.01. The van der Waals surface area contributed by atoms with E-state index in [-0.39, 0.29) is 11.6 Å². The van der Waals surface area contributed by atoms with Gasteiger partial charge in [0.2, 0.25) is 0 Å². The fourth-order valence-corrected chi connectivity index (χ4v) is 3.21. The van der Waals surface area contributed by atoms with E-state index < -0.39 is 6.23 Å². The summed E-state index contributed by atoms with van der Waals surface area (Å²) in [4.78, 5) is 19.4. The molecule has 2 unspecified atom stereocenters. The number of benzene rings is 1. The number of rotatable bonds is 11. The predicted molar refractivity (Wildman–Crippen MR) is 116 cm³/mol. The van der Waals surface area contributed by atoms with Crippen molar-refractivity contribution in [3.8, 4) is 0 Å². The van der Waals surface area contributed by atoms with Gasteiger partial charge < -0.3 is 19.8 Å². The maximum atomic E-state index is 12.2. The molecule has 2 atom stereocenters. The summed E-state index contributed by atoms with van der Waals surface area (Å²) in [6.45, 7) is 1.40. The van der Waals surface area contributed by atoms with Gasteiger partial charge in [0.05, 0.1) is 35.5 Å². The normalized spacial score (nSPS) is 13.6. The maximum absolute atomic E-state index is 12.2. The molecule has 0 fully saturated rings. The van der Waals surface area contributed by atoms with E-state index in [2.05, 4.69) is 30.8 Å². The predicted octanol–water partition coefficient (Wildman–Crippen LogP) is 1.86. The third-order valence-corrected chi connectivity index (χ3v) is 5.27. The van der Waals surface area contributed by atoms with Crippen molar-refractivity contribution in [2.24, 2.45) is 0 Å². The standard InChI is InChI=1S/C19H24Cl2N6O3/c1-22-12(9-29-2)10-30-17(23-7-11-3-4-13(20)14(21)5-11)6-16-25-15-8-24-27-18(15)19(28)26-16/h3-5,8,12,17,22-23H,6-7,9-10H2,1-2H3,(H,24,27)(H,25,26,28). The topological polar surface area (TPSA) is 117 Å². The van der Waals surface area contributed by atoms with Crippen LogP contribution in [0.4, 0.5) is 0 Å². The molecular formula is C19H24Cl2N6O3. The first kappa shape index (κ1) is 22.7. The number of aromatic amines is 2. The van der Waals surface area contributed by atoms with Crippen LogP contribution in [-0.4, -0.2) is 59.8 Å². The van der Waals surface area contributed by atoms with Gasteiger partial charge in [-0.25, -0.2) is 4.98 Å². The number of nitrogens with zero attached hydrogens (tertiary/aromatic N) is 2. The van der Waals surface area contributed by atoms with Crippen molar-refractivity contribution in [3.63, 3.8) is 0 Å². The maximum Gasteiger partial charge on any atom is 0.276 e. The van der Waals surface area contributed by atoms with Crippen LogP contribution in [0, 0.1) is 0 Å². The summed E-state index contributed by atoms with van der Waals surface area (Å²) in [5.74, 6) is 0.494. The van der Waals surface area contributed by atoms with Crippen molar-refractivity contribution in [1.29, 1.82) is 0 Å². The molecule has 11 heteroatoms. The van der Waals surface area contributed by atoms with Gasteiger partial charge in [-0.2, -0.15) is 5.10 Å². The molecule has 9 nitrogen and oxygen atoms in total. The number of fused-ring (bicyclic) bond motifs is 1. The van der Waals surface area contributed by atoms with Gasteiger partial charge in [-0.3, -0.25) is 15.2 Å². The molecule has 2 aromatic heterocycles. The number of ether oxygens (including phenoxy) is 2. The van der Waals surface area contributed by atoms with E-state index in [0.717, 1.165) is 5.56 Å². The minimum atomic E-state index is -0.417. The Morgan fingerprint density at radius 2 is 2.07 bits per heavy atom. The van der Waals surface area contributed by atoms with Gasteiger partial charge in [0.25, 0.3) is 5.56 Å². The van der Waals surface area contributed by atoms with Gasteiger partial charge in [-0.05, 0) is 24.7 Å². The minimum absolute atomic E-state index is 0.0210. The molecule has 0 bridgehead atoms. The number of hydrogen-bond donors (Lipinski definition) is 4. The summed E-state index contributed by atoms with van der Waals surface area (Å²) < 4.78 is 11.3. The number of nitrogens with one attached hydrogen (secondary N) is 4. The Bertz CT molecular complexity index is 1020. The van der Waals surface area contributed by atoms with Gasteiger partial charge in [-0.1, -0.05) is 29.3 Å². The van der Waals surface area contributed by atoms with Gasteiger partial charge in [0.1, 0.15) is 23.1 Å². The van der Waals surface area contributed by atoms with Gasteiger partial charge in [0, 0.05) is 20.1 Å². The van der Waals surface area contributed by atoms with E-state index in [1.165, 1.54) is 6.20 Å². The molecule has 1 aromatic carbocycles. The molecule has 0 saturated carbocycles. The molecule has 0 aliphatic carbocycles. The van der Waals surface area contributed by atoms with E-state index in [4.69, 9.17) is 32.7 Å². The van der Waals surface area contributed by atoms with Crippen molar-refractivity contribution < 1.29 is 9.47 Å². The highest BCUT2D eigenvalue weighted by molar-refractivity contribution is 6.42. The number of methoxy groups -OCH3 is 1. The van der Waals surface area contributed by atoms with Gasteiger partial charge in [-0.15, -0.1) is 0 Å². The number of halogens is 2. The Balaban J connectivity index is 1.73. The summed E-state index contributed by atoms with van der Waals surface area (Å²) >= 11 is 12.1. The first-order valence-electron chi connectivity index (χ1n) is 9.37. The smallest absolute Gasteiger partial charge is 0.276 e. The first-order valence-corrected chi connectivity index (χ1v) is 10.1. The van der Waals surface area contributed by atoms with Crippen LogP contribution in [0.25, 0.3) is 11.0 Å². The van der Waals surface area contributed by atoms with Crippen LogP contribution >= 0.6 is 23.2 Å². The Morgan fingerprint density at radius 3 is 2.80 bits per heavy atom.